The van der Waals surface area contributed by atoms with E-state index in [-0.39, 0.29) is 5.92 Å². The van der Waals surface area contributed by atoms with Gasteiger partial charge >= 0.3 is 5.97 Å². The van der Waals surface area contributed by atoms with Crippen molar-refractivity contribution < 1.29 is 23.4 Å². The lowest BCUT2D eigenvalue weighted by Gasteiger charge is -2.20. The molecule has 0 unspecified atom stereocenters. The molecule has 35 heavy (non-hydrogen) atoms. The number of unbranched alkanes of at least 4 members (excludes halogenated alkanes) is 7. The quantitative estimate of drug-likeness (QED) is 0.128. The summed E-state index contributed by atoms with van der Waals surface area (Å²) in [6.45, 7) is 8.62. The van der Waals surface area contributed by atoms with E-state index in [1.807, 2.05) is 26.0 Å². The first-order valence-corrected chi connectivity index (χ1v) is 13.2. The molecule has 2 aromatic rings. The van der Waals surface area contributed by atoms with E-state index in [4.69, 9.17) is 14.2 Å². The highest BCUT2D eigenvalue weighted by atomic mass is 19.1. The van der Waals surface area contributed by atoms with Gasteiger partial charge in [-0.2, -0.15) is 0 Å². The summed E-state index contributed by atoms with van der Waals surface area (Å²) in [5.41, 5.74) is 0.402. The zero-order valence-electron chi connectivity index (χ0n) is 21.9. The van der Waals surface area contributed by atoms with Crippen LogP contribution in [0.3, 0.4) is 0 Å². The third kappa shape index (κ3) is 11.6. The Hall–Kier alpha value is -2.56. The maximum atomic E-state index is 14.2. The van der Waals surface area contributed by atoms with Crippen molar-refractivity contribution >= 4 is 5.97 Å². The molecule has 0 fully saturated rings. The monoisotopic (exact) mass is 486 g/mol. The van der Waals surface area contributed by atoms with Gasteiger partial charge in [-0.05, 0) is 74.2 Å². The first-order chi connectivity index (χ1) is 16.9. The minimum Gasteiger partial charge on any atom is -0.494 e. The van der Waals surface area contributed by atoms with Gasteiger partial charge in [0.05, 0.1) is 12.2 Å². The van der Waals surface area contributed by atoms with Gasteiger partial charge in [-0.25, -0.2) is 9.18 Å². The van der Waals surface area contributed by atoms with Crippen LogP contribution in [0, 0.1) is 5.92 Å². The maximum absolute atomic E-state index is 14.2. The summed E-state index contributed by atoms with van der Waals surface area (Å²) in [6.07, 6.45) is 9.00. The summed E-state index contributed by atoms with van der Waals surface area (Å²) in [5, 5.41) is 0. The van der Waals surface area contributed by atoms with Crippen molar-refractivity contribution in [1.29, 1.82) is 0 Å². The Morgan fingerprint density at radius 2 is 1.31 bits per heavy atom. The predicted octanol–water partition coefficient (Wildman–Crippen LogP) is 8.58. The van der Waals surface area contributed by atoms with Crippen molar-refractivity contribution in [3.05, 3.63) is 54.1 Å². The summed E-state index contributed by atoms with van der Waals surface area (Å²) in [4.78, 5) is 12.5. The Labute approximate surface area is 211 Å². The second-order valence-corrected chi connectivity index (χ2v) is 9.68. The molecule has 0 heterocycles. The molecule has 0 saturated carbocycles. The Morgan fingerprint density at radius 3 is 1.91 bits per heavy atom. The summed E-state index contributed by atoms with van der Waals surface area (Å²) in [7, 11) is 0. The van der Waals surface area contributed by atoms with Gasteiger partial charge in [-0.3, -0.25) is 0 Å². The number of rotatable bonds is 17. The molecule has 0 amide bonds. The van der Waals surface area contributed by atoms with Crippen LogP contribution in [-0.4, -0.2) is 24.9 Å². The standard InChI is InChI=1S/C30H43FO4/c1-5-6-7-8-9-10-11-12-21-33-26-17-19-28(20-18-26)35-30(32)25-13-15-27(16-14-25)34-24(4)29(31)22-23(2)3/h13-20,23-24,29H,5-12,21-22H2,1-4H3/t24-,29-/m1/s1. The van der Waals surface area contributed by atoms with Crippen LogP contribution in [0.15, 0.2) is 48.5 Å². The molecule has 0 aliphatic carbocycles. The highest BCUT2D eigenvalue weighted by Crippen LogP contribution is 2.22. The van der Waals surface area contributed by atoms with E-state index in [2.05, 4.69) is 6.92 Å². The maximum Gasteiger partial charge on any atom is 0.343 e. The fourth-order valence-corrected chi connectivity index (χ4v) is 3.80. The molecule has 2 aromatic carbocycles. The second kappa shape index (κ2) is 16.2. The third-order valence-corrected chi connectivity index (χ3v) is 5.92. The number of alkyl halides is 1. The van der Waals surface area contributed by atoms with E-state index in [0.717, 1.165) is 12.2 Å². The average molecular weight is 487 g/mol. The molecule has 0 radical (unpaired) electrons. The second-order valence-electron chi connectivity index (χ2n) is 9.68. The number of carbonyl (C=O) groups excluding carboxylic acids is 1. The summed E-state index contributed by atoms with van der Waals surface area (Å²) in [6, 6.07) is 13.7. The van der Waals surface area contributed by atoms with Crippen molar-refractivity contribution in [3.8, 4) is 17.2 Å². The van der Waals surface area contributed by atoms with Crippen LogP contribution in [0.2, 0.25) is 0 Å². The Bertz CT molecular complexity index is 832. The third-order valence-electron chi connectivity index (χ3n) is 5.92. The number of hydrogen-bond acceptors (Lipinski definition) is 4. The van der Waals surface area contributed by atoms with Crippen LogP contribution in [0.5, 0.6) is 17.2 Å². The number of esters is 1. The van der Waals surface area contributed by atoms with Gasteiger partial charge in [0.2, 0.25) is 0 Å². The summed E-state index contributed by atoms with van der Waals surface area (Å²) in [5.74, 6) is 1.56. The van der Waals surface area contributed by atoms with Gasteiger partial charge in [0.1, 0.15) is 29.5 Å². The molecule has 2 rings (SSSR count). The van der Waals surface area contributed by atoms with Gasteiger partial charge < -0.3 is 14.2 Å². The van der Waals surface area contributed by atoms with Crippen LogP contribution in [0.1, 0.15) is 95.8 Å². The average Bonchev–Trinajstić information content (AvgIpc) is 2.84. The molecule has 0 aliphatic heterocycles. The van der Waals surface area contributed by atoms with Crippen molar-refractivity contribution in [2.24, 2.45) is 5.92 Å². The minimum atomic E-state index is -1.04. The predicted molar refractivity (Wildman–Crippen MR) is 140 cm³/mol. The van der Waals surface area contributed by atoms with Crippen LogP contribution in [0.4, 0.5) is 4.39 Å². The first-order valence-electron chi connectivity index (χ1n) is 13.2. The smallest absolute Gasteiger partial charge is 0.343 e. The highest BCUT2D eigenvalue weighted by Gasteiger charge is 2.19. The molecule has 0 spiro atoms. The zero-order valence-corrected chi connectivity index (χ0v) is 21.9. The lowest BCUT2D eigenvalue weighted by atomic mass is 10.0. The van der Waals surface area contributed by atoms with Gasteiger partial charge in [-0.1, -0.05) is 65.7 Å². The van der Waals surface area contributed by atoms with Crippen LogP contribution in [-0.2, 0) is 0 Å². The van der Waals surface area contributed by atoms with E-state index in [9.17, 15) is 9.18 Å². The molecule has 5 heteroatoms. The number of halogens is 1. The van der Waals surface area contributed by atoms with E-state index in [1.54, 1.807) is 43.3 Å². The molecule has 2 atom stereocenters. The van der Waals surface area contributed by atoms with Gasteiger partial charge in [0, 0.05) is 0 Å². The Balaban J connectivity index is 1.70. The van der Waals surface area contributed by atoms with Crippen molar-refractivity contribution in [2.45, 2.75) is 97.8 Å². The molecular weight excluding hydrogens is 443 g/mol. The van der Waals surface area contributed by atoms with Gasteiger partial charge in [0.25, 0.3) is 0 Å². The van der Waals surface area contributed by atoms with E-state index in [0.29, 0.717) is 30.1 Å². The Morgan fingerprint density at radius 1 is 0.771 bits per heavy atom. The number of ether oxygens (including phenoxy) is 3. The van der Waals surface area contributed by atoms with Crippen LogP contribution < -0.4 is 14.2 Å². The molecule has 194 valence electrons. The lowest BCUT2D eigenvalue weighted by Crippen LogP contribution is -2.26. The topological polar surface area (TPSA) is 44.8 Å². The molecule has 0 aliphatic rings. The molecule has 0 bridgehead atoms. The molecule has 0 N–H and O–H groups in total. The lowest BCUT2D eigenvalue weighted by molar-refractivity contribution is 0.0734. The van der Waals surface area contributed by atoms with Crippen molar-refractivity contribution in [1.82, 2.24) is 0 Å². The molecule has 0 aromatic heterocycles. The number of carbonyl (C=O) groups is 1. The van der Waals surface area contributed by atoms with Gasteiger partial charge in [0.15, 0.2) is 0 Å². The van der Waals surface area contributed by atoms with Crippen molar-refractivity contribution in [2.75, 3.05) is 6.61 Å². The highest BCUT2D eigenvalue weighted by molar-refractivity contribution is 5.91. The van der Waals surface area contributed by atoms with Gasteiger partial charge in [-0.15, -0.1) is 0 Å². The fourth-order valence-electron chi connectivity index (χ4n) is 3.80. The summed E-state index contributed by atoms with van der Waals surface area (Å²) >= 11 is 0. The van der Waals surface area contributed by atoms with Crippen LogP contribution >= 0.6 is 0 Å². The first kappa shape index (κ1) is 28.7. The van der Waals surface area contributed by atoms with E-state index in [1.165, 1.54) is 44.9 Å². The Kier molecular flexibility index (Phi) is 13.3. The molecular formula is C30H43FO4. The van der Waals surface area contributed by atoms with E-state index >= 15 is 0 Å². The van der Waals surface area contributed by atoms with E-state index < -0.39 is 18.2 Å². The SMILES string of the molecule is CCCCCCCCCCOc1ccc(OC(=O)c2ccc(O[C@H](C)[C@H](F)CC(C)C)cc2)cc1. The minimum absolute atomic E-state index is 0.267. The molecule has 4 nitrogen and oxygen atoms in total. The largest absolute Gasteiger partial charge is 0.494 e. The molecule has 0 saturated heterocycles. The fraction of sp³-hybridized carbons (Fsp3) is 0.567. The normalized spacial score (nSPS) is 12.9. The summed E-state index contributed by atoms with van der Waals surface area (Å²) < 4.78 is 31.1. The number of benzene rings is 2. The van der Waals surface area contributed by atoms with Crippen molar-refractivity contribution in [3.63, 3.8) is 0 Å². The number of hydrogen-bond donors (Lipinski definition) is 0. The van der Waals surface area contributed by atoms with Crippen LogP contribution in [0.25, 0.3) is 0 Å². The zero-order chi connectivity index (χ0) is 25.5.